The lowest BCUT2D eigenvalue weighted by Crippen LogP contribution is -2.57. The molecule has 3 aromatic carbocycles. The number of amides is 5. The largest absolute Gasteiger partial charge is 0.453 e. The van der Waals surface area contributed by atoms with Crippen molar-refractivity contribution in [1.29, 1.82) is 0 Å². The minimum Gasteiger partial charge on any atom is -0.453 e. The van der Waals surface area contributed by atoms with Gasteiger partial charge in [0.15, 0.2) is 0 Å². The second-order valence-corrected chi connectivity index (χ2v) is 19.4. The molecule has 0 radical (unpaired) electrons. The highest BCUT2D eigenvalue weighted by atomic mass is 19.1. The number of anilines is 3. The molecule has 8 atom stereocenters. The smallest absolute Gasteiger partial charge is 0.407 e. The standard InChI is InChI=1S/C48H64FN7O9/c1-47(2,3)40(52-45(62)64-7)43(60)54-26-35(57)23-34(54)25-50-31-15-9-28(10-16-31)37-21-22-38(56(37)33-19-13-30(49)14-20-33)29-11-17-32(18-12-29)51-42(59)39-24-36(58)27-55(39)44(61)41(48(4,5)6)53-46(63)65-8/h9-20,34-41,50,57-58H,21-27H2,1-8H3,(H,51,59)(H,52,62)(H,53,63)/t34-,35-,36-,37-,38-,39-,40+,41+/m0/s1. The highest BCUT2D eigenvalue weighted by Crippen LogP contribution is 2.47. The van der Waals surface area contributed by atoms with Crippen LogP contribution in [0.25, 0.3) is 0 Å². The van der Waals surface area contributed by atoms with Crippen LogP contribution in [-0.2, 0) is 23.9 Å². The number of carbonyl (C=O) groups excluding carboxylic acids is 5. The molecule has 3 saturated heterocycles. The lowest BCUT2D eigenvalue weighted by Gasteiger charge is -2.35. The molecule has 65 heavy (non-hydrogen) atoms. The normalized spacial score (nSPS) is 23.1. The average Bonchev–Trinajstić information content (AvgIpc) is 3.99. The van der Waals surface area contributed by atoms with Crippen molar-refractivity contribution < 1.29 is 48.0 Å². The van der Waals surface area contributed by atoms with Gasteiger partial charge in [-0.15, -0.1) is 0 Å². The van der Waals surface area contributed by atoms with Crippen LogP contribution >= 0.6 is 0 Å². The summed E-state index contributed by atoms with van der Waals surface area (Å²) in [6, 6.07) is 18.7. The predicted molar refractivity (Wildman–Crippen MR) is 243 cm³/mol. The number of aliphatic hydroxyl groups excluding tert-OH is 2. The number of β-amino-alcohol motifs (C(OH)–C–C–N with tert-alkyl or cyclic N) is 2. The average molecular weight is 902 g/mol. The van der Waals surface area contributed by atoms with Gasteiger partial charge in [0.25, 0.3) is 0 Å². The summed E-state index contributed by atoms with van der Waals surface area (Å²) in [6.45, 7) is 11.4. The van der Waals surface area contributed by atoms with Gasteiger partial charge in [-0.2, -0.15) is 0 Å². The van der Waals surface area contributed by atoms with E-state index in [1.807, 2.05) is 45.0 Å². The highest BCUT2D eigenvalue weighted by Gasteiger charge is 2.45. The van der Waals surface area contributed by atoms with Crippen molar-refractivity contribution in [3.63, 3.8) is 0 Å². The van der Waals surface area contributed by atoms with E-state index in [4.69, 9.17) is 9.47 Å². The lowest BCUT2D eigenvalue weighted by molar-refractivity contribution is -0.140. The second kappa shape index (κ2) is 20.1. The van der Waals surface area contributed by atoms with Crippen molar-refractivity contribution in [1.82, 2.24) is 20.4 Å². The van der Waals surface area contributed by atoms with Gasteiger partial charge in [0, 0.05) is 43.1 Å². The number of ether oxygens (including phenoxy) is 2. The van der Waals surface area contributed by atoms with Crippen LogP contribution in [0.3, 0.4) is 0 Å². The monoisotopic (exact) mass is 901 g/mol. The number of likely N-dealkylation sites (tertiary alicyclic amines) is 2. The quantitative estimate of drug-likeness (QED) is 0.130. The zero-order valence-corrected chi connectivity index (χ0v) is 38.5. The molecular formula is C48H64FN7O9. The van der Waals surface area contributed by atoms with Crippen molar-refractivity contribution in [2.24, 2.45) is 10.8 Å². The number of hydrogen-bond acceptors (Lipinski definition) is 11. The van der Waals surface area contributed by atoms with E-state index in [-0.39, 0.29) is 49.4 Å². The molecule has 3 aliphatic heterocycles. The van der Waals surface area contributed by atoms with E-state index in [1.165, 1.54) is 31.3 Å². The third kappa shape index (κ3) is 11.5. The molecule has 3 aliphatic rings. The molecule has 0 aromatic heterocycles. The summed E-state index contributed by atoms with van der Waals surface area (Å²) in [5.41, 5.74) is 2.90. The fraction of sp³-hybridized carbons (Fsp3) is 0.521. The van der Waals surface area contributed by atoms with Crippen molar-refractivity contribution in [2.75, 3.05) is 49.4 Å². The first-order chi connectivity index (χ1) is 30.7. The molecule has 0 bridgehead atoms. The Balaban J connectivity index is 1.14. The van der Waals surface area contributed by atoms with E-state index < -0.39 is 65.2 Å². The van der Waals surface area contributed by atoms with Gasteiger partial charge in [-0.3, -0.25) is 14.4 Å². The number of benzene rings is 3. The van der Waals surface area contributed by atoms with E-state index >= 15 is 0 Å². The van der Waals surface area contributed by atoms with Crippen molar-refractivity contribution in [3.8, 4) is 0 Å². The van der Waals surface area contributed by atoms with Gasteiger partial charge < -0.3 is 55.7 Å². The number of nitrogens with one attached hydrogen (secondary N) is 4. The maximum Gasteiger partial charge on any atom is 0.407 e. The van der Waals surface area contributed by atoms with E-state index in [2.05, 4.69) is 38.3 Å². The number of aliphatic hydroxyl groups is 2. The molecule has 17 heteroatoms. The van der Waals surface area contributed by atoms with Crippen LogP contribution in [-0.4, -0.2) is 120 Å². The van der Waals surface area contributed by atoms with Crippen LogP contribution in [0.1, 0.15) is 90.4 Å². The van der Waals surface area contributed by atoms with Gasteiger partial charge in [-0.05, 0) is 89.8 Å². The summed E-state index contributed by atoms with van der Waals surface area (Å²) in [4.78, 5) is 70.7. The topological polar surface area (TPSA) is 202 Å². The molecule has 16 nitrogen and oxygen atoms in total. The second-order valence-electron chi connectivity index (χ2n) is 19.4. The van der Waals surface area contributed by atoms with Gasteiger partial charge in [-0.25, -0.2) is 14.0 Å². The molecule has 3 fully saturated rings. The van der Waals surface area contributed by atoms with Crippen LogP contribution in [0.4, 0.5) is 31.0 Å². The SMILES string of the molecule is COC(=O)N[C@H](C(=O)N1C[C@@H](O)C[C@H]1CNc1ccc([C@@H]2CC[C@@H](c3ccc(NC(=O)[C@@H]4C[C@H](O)CN4C(=O)[C@@H](NC(=O)OC)C(C)(C)C)cc3)N2c2ccc(F)cc2)cc1)C(C)(C)C. The first-order valence-corrected chi connectivity index (χ1v) is 22.1. The van der Waals surface area contributed by atoms with Gasteiger partial charge in [0.1, 0.15) is 23.9 Å². The van der Waals surface area contributed by atoms with Crippen LogP contribution in [0.2, 0.25) is 0 Å². The molecule has 0 unspecified atom stereocenters. The fourth-order valence-electron chi connectivity index (χ4n) is 9.16. The zero-order valence-electron chi connectivity index (χ0n) is 38.5. The molecule has 0 spiro atoms. The summed E-state index contributed by atoms with van der Waals surface area (Å²) in [7, 11) is 2.45. The first-order valence-electron chi connectivity index (χ1n) is 22.1. The van der Waals surface area contributed by atoms with Crippen molar-refractivity contribution in [2.45, 2.75) is 116 Å². The number of nitrogens with zero attached hydrogens (tertiary/aromatic N) is 3. The van der Waals surface area contributed by atoms with Gasteiger partial charge in [-0.1, -0.05) is 65.8 Å². The van der Waals surface area contributed by atoms with Gasteiger partial charge in [0.2, 0.25) is 17.7 Å². The zero-order chi connectivity index (χ0) is 47.4. The Morgan fingerprint density at radius 3 is 1.63 bits per heavy atom. The first kappa shape index (κ1) is 48.5. The predicted octanol–water partition coefficient (Wildman–Crippen LogP) is 5.72. The Labute approximate surface area is 380 Å². The van der Waals surface area contributed by atoms with E-state index in [1.54, 1.807) is 49.9 Å². The molecule has 0 aliphatic carbocycles. The van der Waals surface area contributed by atoms with E-state index in [0.29, 0.717) is 18.7 Å². The van der Waals surface area contributed by atoms with Gasteiger partial charge >= 0.3 is 12.2 Å². The molecule has 352 valence electrons. The number of rotatable bonds is 12. The van der Waals surface area contributed by atoms with Crippen LogP contribution < -0.4 is 26.2 Å². The minimum atomic E-state index is -1.00. The maximum absolute atomic E-state index is 14.2. The summed E-state index contributed by atoms with van der Waals surface area (Å²) in [5.74, 6) is -1.59. The Bertz CT molecular complexity index is 2160. The molecule has 3 heterocycles. The summed E-state index contributed by atoms with van der Waals surface area (Å²) in [6.07, 6.45) is -1.09. The number of methoxy groups -OCH3 is 2. The third-order valence-corrected chi connectivity index (χ3v) is 12.6. The summed E-state index contributed by atoms with van der Waals surface area (Å²) in [5, 5.41) is 32.8. The number of hydrogen-bond donors (Lipinski definition) is 6. The number of halogens is 1. The van der Waals surface area contributed by atoms with Crippen molar-refractivity contribution >= 4 is 47.0 Å². The molecule has 0 saturated carbocycles. The summed E-state index contributed by atoms with van der Waals surface area (Å²) >= 11 is 0. The van der Waals surface area contributed by atoms with E-state index in [0.717, 1.165) is 35.3 Å². The van der Waals surface area contributed by atoms with Crippen molar-refractivity contribution in [3.05, 3.63) is 89.7 Å². The Morgan fingerprint density at radius 2 is 1.14 bits per heavy atom. The molecule has 6 N–H and O–H groups in total. The maximum atomic E-state index is 14.2. The molecule has 5 amide bonds. The highest BCUT2D eigenvalue weighted by molar-refractivity contribution is 5.99. The lowest BCUT2D eigenvalue weighted by atomic mass is 9.85. The third-order valence-electron chi connectivity index (χ3n) is 12.6. The fourth-order valence-corrected chi connectivity index (χ4v) is 9.16. The van der Waals surface area contributed by atoms with Crippen LogP contribution in [0, 0.1) is 16.6 Å². The number of alkyl carbamates (subject to hydrolysis) is 2. The van der Waals surface area contributed by atoms with E-state index in [9.17, 15) is 38.6 Å². The Hall–Kier alpha value is -5.94. The molecule has 6 rings (SSSR count). The Morgan fingerprint density at radius 1 is 0.677 bits per heavy atom. The minimum absolute atomic E-state index is 0.0395. The van der Waals surface area contributed by atoms with Gasteiger partial charge in [0.05, 0.1) is 44.6 Å². The Kier molecular flexibility index (Phi) is 15.0. The number of carbonyl (C=O) groups is 5. The molecular weight excluding hydrogens is 838 g/mol. The van der Waals surface area contributed by atoms with Crippen LogP contribution in [0.5, 0.6) is 0 Å². The molecule has 3 aromatic rings. The van der Waals surface area contributed by atoms with Crippen LogP contribution in [0.15, 0.2) is 72.8 Å². The summed E-state index contributed by atoms with van der Waals surface area (Å²) < 4.78 is 23.7.